The SMILES string of the molecule is O=C(NS(=O)(=O)c1ccccc1)N1CCC(Oc2ccc(-c3cc4ccccc4o3)cc2)CC1. The van der Waals surface area contributed by atoms with Gasteiger partial charge in [0.15, 0.2) is 0 Å². The first-order valence-corrected chi connectivity index (χ1v) is 12.6. The van der Waals surface area contributed by atoms with Crippen LogP contribution >= 0.6 is 0 Å². The summed E-state index contributed by atoms with van der Waals surface area (Å²) in [6.07, 6.45) is 1.18. The van der Waals surface area contributed by atoms with Crippen LogP contribution in [0.5, 0.6) is 5.75 Å². The number of nitrogens with zero attached hydrogens (tertiary/aromatic N) is 1. The lowest BCUT2D eigenvalue weighted by Gasteiger charge is -2.32. The third-order valence-corrected chi connectivity index (χ3v) is 7.21. The predicted octanol–water partition coefficient (Wildman–Crippen LogP) is 5.04. The van der Waals surface area contributed by atoms with Gasteiger partial charge in [0.1, 0.15) is 23.2 Å². The van der Waals surface area contributed by atoms with Crippen LogP contribution in [0.1, 0.15) is 12.8 Å². The molecule has 1 aliphatic heterocycles. The number of para-hydroxylation sites is 1. The van der Waals surface area contributed by atoms with E-state index in [2.05, 4.69) is 4.72 Å². The number of benzene rings is 3. The molecule has 1 fully saturated rings. The fourth-order valence-corrected chi connectivity index (χ4v) is 5.02. The number of amides is 2. The van der Waals surface area contributed by atoms with Crippen LogP contribution in [-0.4, -0.2) is 38.5 Å². The van der Waals surface area contributed by atoms with Gasteiger partial charge in [-0.25, -0.2) is 17.9 Å². The highest BCUT2D eigenvalue weighted by molar-refractivity contribution is 7.90. The van der Waals surface area contributed by atoms with E-state index in [-0.39, 0.29) is 11.0 Å². The molecule has 34 heavy (non-hydrogen) atoms. The third-order valence-electron chi connectivity index (χ3n) is 5.87. The molecular weight excluding hydrogens is 452 g/mol. The van der Waals surface area contributed by atoms with E-state index in [0.29, 0.717) is 25.9 Å². The van der Waals surface area contributed by atoms with Crippen LogP contribution in [0.4, 0.5) is 4.79 Å². The van der Waals surface area contributed by atoms with E-state index in [1.807, 2.05) is 54.6 Å². The molecule has 0 bridgehead atoms. The molecule has 7 nitrogen and oxygen atoms in total. The third kappa shape index (κ3) is 4.77. The zero-order valence-electron chi connectivity index (χ0n) is 18.4. The summed E-state index contributed by atoms with van der Waals surface area (Å²) in [5, 5.41) is 1.06. The van der Waals surface area contributed by atoms with Crippen molar-refractivity contribution >= 4 is 27.0 Å². The summed E-state index contributed by atoms with van der Waals surface area (Å²) in [7, 11) is -3.89. The second-order valence-corrected chi connectivity index (χ2v) is 9.88. The van der Waals surface area contributed by atoms with Gasteiger partial charge >= 0.3 is 6.03 Å². The Morgan fingerprint density at radius 1 is 0.912 bits per heavy atom. The molecule has 8 heteroatoms. The van der Waals surface area contributed by atoms with Gasteiger partial charge in [0.05, 0.1) is 4.90 Å². The van der Waals surface area contributed by atoms with Gasteiger partial charge in [0, 0.05) is 36.9 Å². The van der Waals surface area contributed by atoms with Crippen LogP contribution in [0.15, 0.2) is 94.2 Å². The number of carbonyl (C=O) groups excluding carboxylic acids is 1. The highest BCUT2D eigenvalue weighted by Gasteiger charge is 2.27. The summed E-state index contributed by atoms with van der Waals surface area (Å²) in [6.45, 7) is 0.829. The number of nitrogens with one attached hydrogen (secondary N) is 1. The Morgan fingerprint density at radius 2 is 1.59 bits per heavy atom. The summed E-state index contributed by atoms with van der Waals surface area (Å²) in [5.41, 5.74) is 1.82. The van der Waals surface area contributed by atoms with Crippen LogP contribution in [-0.2, 0) is 10.0 Å². The number of sulfonamides is 1. The number of rotatable bonds is 5. The number of ether oxygens (including phenoxy) is 1. The minimum Gasteiger partial charge on any atom is -0.490 e. The van der Waals surface area contributed by atoms with E-state index in [1.54, 1.807) is 18.2 Å². The molecule has 5 rings (SSSR count). The van der Waals surface area contributed by atoms with E-state index in [4.69, 9.17) is 9.15 Å². The smallest absolute Gasteiger partial charge is 0.331 e. The van der Waals surface area contributed by atoms with E-state index in [0.717, 1.165) is 28.0 Å². The van der Waals surface area contributed by atoms with Crippen LogP contribution in [0, 0.1) is 0 Å². The van der Waals surface area contributed by atoms with Crippen LogP contribution < -0.4 is 9.46 Å². The number of piperidine rings is 1. The van der Waals surface area contributed by atoms with Crippen LogP contribution in [0.3, 0.4) is 0 Å². The summed E-state index contributed by atoms with van der Waals surface area (Å²) >= 11 is 0. The summed E-state index contributed by atoms with van der Waals surface area (Å²) in [6, 6.07) is 24.9. The molecule has 0 radical (unpaired) electrons. The van der Waals surface area contributed by atoms with Crippen LogP contribution in [0.25, 0.3) is 22.3 Å². The van der Waals surface area contributed by atoms with Crippen LogP contribution in [0.2, 0.25) is 0 Å². The molecule has 0 saturated carbocycles. The molecule has 174 valence electrons. The number of fused-ring (bicyclic) bond motifs is 1. The van der Waals surface area contributed by atoms with Crippen molar-refractivity contribution in [1.29, 1.82) is 0 Å². The molecule has 0 spiro atoms. The fourth-order valence-electron chi connectivity index (χ4n) is 4.03. The van der Waals surface area contributed by atoms with E-state index in [9.17, 15) is 13.2 Å². The highest BCUT2D eigenvalue weighted by atomic mass is 32.2. The Balaban J connectivity index is 1.15. The average molecular weight is 477 g/mol. The summed E-state index contributed by atoms with van der Waals surface area (Å²) in [4.78, 5) is 14.0. The minimum atomic E-state index is -3.89. The summed E-state index contributed by atoms with van der Waals surface area (Å²) in [5.74, 6) is 1.55. The number of carbonyl (C=O) groups is 1. The Kier molecular flexibility index (Phi) is 5.98. The average Bonchev–Trinajstić information content (AvgIpc) is 3.30. The molecule has 2 heterocycles. The van der Waals surface area contributed by atoms with Crippen molar-refractivity contribution in [3.05, 3.63) is 84.9 Å². The monoisotopic (exact) mass is 476 g/mol. The molecular formula is C26H24N2O5S. The summed E-state index contributed by atoms with van der Waals surface area (Å²) < 4.78 is 38.9. The molecule has 1 aromatic heterocycles. The Bertz CT molecular complexity index is 1360. The van der Waals surface area contributed by atoms with Gasteiger partial charge in [-0.3, -0.25) is 0 Å². The van der Waals surface area contributed by atoms with Crippen molar-refractivity contribution in [3.63, 3.8) is 0 Å². The van der Waals surface area contributed by atoms with Gasteiger partial charge in [-0.2, -0.15) is 0 Å². The lowest BCUT2D eigenvalue weighted by atomic mass is 10.1. The van der Waals surface area contributed by atoms with Crippen molar-refractivity contribution < 1.29 is 22.4 Å². The zero-order chi connectivity index (χ0) is 23.5. The zero-order valence-corrected chi connectivity index (χ0v) is 19.2. The van der Waals surface area contributed by atoms with E-state index < -0.39 is 16.1 Å². The highest BCUT2D eigenvalue weighted by Crippen LogP contribution is 2.29. The molecule has 2 amide bonds. The van der Waals surface area contributed by atoms with Gasteiger partial charge < -0.3 is 14.1 Å². The number of urea groups is 1. The van der Waals surface area contributed by atoms with E-state index >= 15 is 0 Å². The molecule has 1 saturated heterocycles. The molecule has 3 aromatic carbocycles. The Labute approximate surface area is 198 Å². The van der Waals surface area contributed by atoms with E-state index in [1.165, 1.54) is 17.0 Å². The molecule has 0 unspecified atom stereocenters. The predicted molar refractivity (Wildman–Crippen MR) is 129 cm³/mol. The topological polar surface area (TPSA) is 88.9 Å². The number of hydrogen-bond acceptors (Lipinski definition) is 5. The quantitative estimate of drug-likeness (QED) is 0.436. The molecule has 0 atom stereocenters. The van der Waals surface area contributed by atoms with Gasteiger partial charge in [-0.15, -0.1) is 0 Å². The number of likely N-dealkylation sites (tertiary alicyclic amines) is 1. The number of hydrogen-bond donors (Lipinski definition) is 1. The van der Waals surface area contributed by atoms with Crippen molar-refractivity contribution in [3.8, 4) is 17.1 Å². The maximum atomic E-state index is 12.5. The van der Waals surface area contributed by atoms with Gasteiger partial charge in [-0.05, 0) is 48.5 Å². The van der Waals surface area contributed by atoms with Gasteiger partial charge in [-0.1, -0.05) is 36.4 Å². The van der Waals surface area contributed by atoms with Gasteiger partial charge in [0.25, 0.3) is 10.0 Å². The van der Waals surface area contributed by atoms with Crippen molar-refractivity contribution in [2.45, 2.75) is 23.8 Å². The number of furan rings is 1. The normalized spacial score (nSPS) is 14.8. The second kappa shape index (κ2) is 9.23. The molecule has 4 aromatic rings. The molecule has 0 aliphatic carbocycles. The van der Waals surface area contributed by atoms with Gasteiger partial charge in [0.2, 0.25) is 0 Å². The first-order valence-electron chi connectivity index (χ1n) is 11.1. The maximum absolute atomic E-state index is 12.5. The van der Waals surface area contributed by atoms with Crippen molar-refractivity contribution in [2.75, 3.05) is 13.1 Å². The first kappa shape index (κ1) is 22.0. The standard InChI is InChI=1S/C26H24N2O5S/c29-26(27-34(30,31)23-7-2-1-3-8-23)28-16-14-22(15-17-28)32-21-12-10-19(11-13-21)25-18-20-6-4-5-9-24(20)33-25/h1-13,18,22H,14-17H2,(H,27,29). The molecule has 1 aliphatic rings. The maximum Gasteiger partial charge on any atom is 0.331 e. The largest absolute Gasteiger partial charge is 0.490 e. The lowest BCUT2D eigenvalue weighted by Crippen LogP contribution is -2.48. The fraction of sp³-hybridized carbons (Fsp3) is 0.192. The lowest BCUT2D eigenvalue weighted by molar-refractivity contribution is 0.113. The minimum absolute atomic E-state index is 0.0492. The van der Waals surface area contributed by atoms with Crippen molar-refractivity contribution in [2.24, 2.45) is 0 Å². The Hall–Kier alpha value is -3.78. The first-order chi connectivity index (χ1) is 16.5. The molecule has 1 N–H and O–H groups in total. The Morgan fingerprint density at radius 3 is 2.29 bits per heavy atom. The second-order valence-electron chi connectivity index (χ2n) is 8.20. The van der Waals surface area contributed by atoms with Crippen molar-refractivity contribution in [1.82, 2.24) is 9.62 Å².